The highest BCUT2D eigenvalue weighted by Crippen LogP contribution is 2.23. The minimum absolute atomic E-state index is 0.0271. The molecule has 1 aliphatic heterocycles. The summed E-state index contributed by atoms with van der Waals surface area (Å²) in [5.74, 6) is -0.573. The summed E-state index contributed by atoms with van der Waals surface area (Å²) in [6.07, 6.45) is 0.795. The summed E-state index contributed by atoms with van der Waals surface area (Å²) in [5, 5.41) is 0.151. The molecule has 0 aromatic heterocycles. The SMILES string of the molecule is Cc1cc(C(=O)N2CC[C@@H](N)C2)c(Cl)cc1F. The Kier molecular flexibility index (Phi) is 3.35. The molecule has 0 saturated carbocycles. The van der Waals surface area contributed by atoms with E-state index in [1.165, 1.54) is 12.1 Å². The zero-order valence-electron chi connectivity index (χ0n) is 9.54. The molecule has 1 aromatic carbocycles. The first-order valence-electron chi connectivity index (χ1n) is 5.49. The molecular weight excluding hydrogens is 243 g/mol. The molecule has 17 heavy (non-hydrogen) atoms. The molecule has 1 saturated heterocycles. The molecule has 1 aliphatic rings. The Bertz CT molecular complexity index is 464. The summed E-state index contributed by atoms with van der Waals surface area (Å²) < 4.78 is 13.2. The average Bonchev–Trinajstić information content (AvgIpc) is 2.69. The van der Waals surface area contributed by atoms with E-state index in [4.69, 9.17) is 17.3 Å². The van der Waals surface area contributed by atoms with E-state index in [0.29, 0.717) is 24.2 Å². The first kappa shape index (κ1) is 12.3. The molecule has 0 radical (unpaired) electrons. The standard InChI is InChI=1S/C12H14ClFN2O/c1-7-4-9(10(13)5-11(7)14)12(17)16-3-2-8(15)6-16/h4-5,8H,2-3,6,15H2,1H3/t8-/m1/s1. The van der Waals surface area contributed by atoms with Gasteiger partial charge in [-0.05, 0) is 31.0 Å². The van der Waals surface area contributed by atoms with Crippen molar-refractivity contribution in [1.82, 2.24) is 4.90 Å². The van der Waals surface area contributed by atoms with Crippen LogP contribution in [0.25, 0.3) is 0 Å². The second-order valence-electron chi connectivity index (χ2n) is 4.38. The van der Waals surface area contributed by atoms with Crippen LogP contribution < -0.4 is 5.73 Å². The first-order valence-corrected chi connectivity index (χ1v) is 5.87. The van der Waals surface area contributed by atoms with Gasteiger partial charge in [-0.3, -0.25) is 4.79 Å². The Labute approximate surface area is 104 Å². The van der Waals surface area contributed by atoms with E-state index >= 15 is 0 Å². The predicted octanol–water partition coefficient (Wildman–Crippen LogP) is 1.96. The quantitative estimate of drug-likeness (QED) is 0.835. The minimum atomic E-state index is -0.398. The lowest BCUT2D eigenvalue weighted by Crippen LogP contribution is -2.32. The fourth-order valence-corrected chi connectivity index (χ4v) is 2.19. The number of benzene rings is 1. The van der Waals surface area contributed by atoms with E-state index in [2.05, 4.69) is 0 Å². The number of rotatable bonds is 1. The van der Waals surface area contributed by atoms with Gasteiger partial charge in [-0.15, -0.1) is 0 Å². The largest absolute Gasteiger partial charge is 0.337 e. The topological polar surface area (TPSA) is 46.3 Å². The van der Waals surface area contributed by atoms with E-state index in [1.54, 1.807) is 11.8 Å². The van der Waals surface area contributed by atoms with Gasteiger partial charge in [0.1, 0.15) is 5.82 Å². The molecule has 2 N–H and O–H groups in total. The molecule has 0 aliphatic carbocycles. The molecule has 1 fully saturated rings. The summed E-state index contributed by atoms with van der Waals surface area (Å²) in [7, 11) is 0. The van der Waals surface area contributed by atoms with Gasteiger partial charge in [0.05, 0.1) is 10.6 Å². The average molecular weight is 257 g/mol. The zero-order valence-corrected chi connectivity index (χ0v) is 10.3. The van der Waals surface area contributed by atoms with Crippen molar-refractivity contribution in [2.75, 3.05) is 13.1 Å². The van der Waals surface area contributed by atoms with Gasteiger partial charge in [-0.25, -0.2) is 4.39 Å². The lowest BCUT2D eigenvalue weighted by Gasteiger charge is -2.17. The molecule has 1 amide bonds. The summed E-state index contributed by atoms with van der Waals surface area (Å²) >= 11 is 5.89. The third-order valence-corrected chi connectivity index (χ3v) is 3.30. The highest BCUT2D eigenvalue weighted by molar-refractivity contribution is 6.33. The maximum Gasteiger partial charge on any atom is 0.255 e. The number of aryl methyl sites for hydroxylation is 1. The molecule has 0 spiro atoms. The number of hydrogen-bond donors (Lipinski definition) is 1. The van der Waals surface area contributed by atoms with E-state index in [9.17, 15) is 9.18 Å². The van der Waals surface area contributed by atoms with Crippen LogP contribution in [0.15, 0.2) is 12.1 Å². The van der Waals surface area contributed by atoms with Crippen LogP contribution in [-0.4, -0.2) is 29.9 Å². The number of carbonyl (C=O) groups excluding carboxylic acids is 1. The van der Waals surface area contributed by atoms with Crippen LogP contribution in [0.2, 0.25) is 5.02 Å². The Morgan fingerprint density at radius 1 is 1.59 bits per heavy atom. The Hall–Kier alpha value is -1.13. The van der Waals surface area contributed by atoms with Gasteiger partial charge < -0.3 is 10.6 Å². The van der Waals surface area contributed by atoms with Crippen LogP contribution in [0.4, 0.5) is 4.39 Å². The molecule has 3 nitrogen and oxygen atoms in total. The van der Waals surface area contributed by atoms with Crippen molar-refractivity contribution < 1.29 is 9.18 Å². The summed E-state index contributed by atoms with van der Waals surface area (Å²) in [5.41, 5.74) is 6.51. The number of nitrogens with zero attached hydrogens (tertiary/aromatic N) is 1. The number of hydrogen-bond acceptors (Lipinski definition) is 2. The van der Waals surface area contributed by atoms with Crippen molar-refractivity contribution in [3.8, 4) is 0 Å². The van der Waals surface area contributed by atoms with Crippen LogP contribution >= 0.6 is 11.6 Å². The van der Waals surface area contributed by atoms with E-state index in [1.807, 2.05) is 0 Å². The number of nitrogens with two attached hydrogens (primary N) is 1. The number of amides is 1. The zero-order chi connectivity index (χ0) is 12.6. The van der Waals surface area contributed by atoms with Gasteiger partial charge in [-0.1, -0.05) is 11.6 Å². The van der Waals surface area contributed by atoms with E-state index < -0.39 is 5.82 Å². The third-order valence-electron chi connectivity index (χ3n) is 2.99. The Morgan fingerprint density at radius 3 is 2.88 bits per heavy atom. The van der Waals surface area contributed by atoms with Crippen molar-refractivity contribution in [2.45, 2.75) is 19.4 Å². The van der Waals surface area contributed by atoms with Crippen LogP contribution in [0, 0.1) is 12.7 Å². The molecule has 92 valence electrons. The summed E-state index contributed by atoms with van der Waals surface area (Å²) in [6, 6.07) is 2.70. The van der Waals surface area contributed by atoms with Crippen LogP contribution in [0.1, 0.15) is 22.3 Å². The second-order valence-corrected chi connectivity index (χ2v) is 4.79. The monoisotopic (exact) mass is 256 g/mol. The van der Waals surface area contributed by atoms with Crippen LogP contribution in [0.5, 0.6) is 0 Å². The minimum Gasteiger partial charge on any atom is -0.337 e. The maximum atomic E-state index is 13.2. The second kappa shape index (κ2) is 4.63. The van der Waals surface area contributed by atoms with Crippen molar-refractivity contribution in [1.29, 1.82) is 0 Å². The molecule has 1 atom stereocenters. The maximum absolute atomic E-state index is 13.2. The van der Waals surface area contributed by atoms with Crippen molar-refractivity contribution in [2.24, 2.45) is 5.73 Å². The Balaban J connectivity index is 2.28. The van der Waals surface area contributed by atoms with Crippen molar-refractivity contribution >= 4 is 17.5 Å². The summed E-state index contributed by atoms with van der Waals surface area (Å²) in [6.45, 7) is 2.77. The fourth-order valence-electron chi connectivity index (χ4n) is 1.96. The van der Waals surface area contributed by atoms with Crippen LogP contribution in [0.3, 0.4) is 0 Å². The van der Waals surface area contributed by atoms with Gasteiger partial charge in [0.15, 0.2) is 0 Å². The third kappa shape index (κ3) is 2.42. The molecular formula is C12H14ClFN2O. The molecule has 5 heteroatoms. The molecule has 2 rings (SSSR count). The molecule has 0 bridgehead atoms. The molecule has 1 aromatic rings. The van der Waals surface area contributed by atoms with E-state index in [0.717, 1.165) is 6.42 Å². The van der Waals surface area contributed by atoms with Crippen molar-refractivity contribution in [3.05, 3.63) is 34.1 Å². The lowest BCUT2D eigenvalue weighted by atomic mass is 10.1. The molecule has 1 heterocycles. The van der Waals surface area contributed by atoms with Crippen LogP contribution in [-0.2, 0) is 0 Å². The highest BCUT2D eigenvalue weighted by atomic mass is 35.5. The summed E-state index contributed by atoms with van der Waals surface area (Å²) in [4.78, 5) is 13.8. The number of halogens is 2. The molecule has 0 unspecified atom stereocenters. The van der Waals surface area contributed by atoms with Gasteiger partial charge in [0.25, 0.3) is 5.91 Å². The predicted molar refractivity (Wildman–Crippen MR) is 64.6 cm³/mol. The van der Waals surface area contributed by atoms with Crippen molar-refractivity contribution in [3.63, 3.8) is 0 Å². The smallest absolute Gasteiger partial charge is 0.255 e. The fraction of sp³-hybridized carbons (Fsp3) is 0.417. The highest BCUT2D eigenvalue weighted by Gasteiger charge is 2.26. The first-order chi connectivity index (χ1) is 7.99. The number of carbonyl (C=O) groups is 1. The van der Waals surface area contributed by atoms with Gasteiger partial charge in [-0.2, -0.15) is 0 Å². The lowest BCUT2D eigenvalue weighted by molar-refractivity contribution is 0.0791. The Morgan fingerprint density at radius 2 is 2.29 bits per heavy atom. The number of likely N-dealkylation sites (tertiary alicyclic amines) is 1. The van der Waals surface area contributed by atoms with Gasteiger partial charge in [0.2, 0.25) is 0 Å². The normalized spacial score (nSPS) is 19.8. The van der Waals surface area contributed by atoms with E-state index in [-0.39, 0.29) is 17.0 Å². The van der Waals surface area contributed by atoms with Gasteiger partial charge >= 0.3 is 0 Å². The van der Waals surface area contributed by atoms with Gasteiger partial charge in [0, 0.05) is 19.1 Å².